The summed E-state index contributed by atoms with van der Waals surface area (Å²) in [6.07, 6.45) is 20.9. The van der Waals surface area contributed by atoms with Gasteiger partial charge in [0.15, 0.2) is 10.8 Å². The molecule has 9 aromatic rings. The first-order valence-corrected chi connectivity index (χ1v) is 25.5. The maximum atomic E-state index is 6.48. The van der Waals surface area contributed by atoms with Crippen molar-refractivity contribution in [3.63, 3.8) is 0 Å². The molecule has 10 rings (SSSR count). The number of pyridine rings is 1. The van der Waals surface area contributed by atoms with Gasteiger partial charge in [0.1, 0.15) is 32.5 Å². The normalized spacial score (nSPS) is 12.8. The highest BCUT2D eigenvalue weighted by Crippen LogP contribution is 2.47. The number of nitrogens with one attached hydrogen (secondary N) is 1. The Labute approximate surface area is 369 Å². The summed E-state index contributed by atoms with van der Waals surface area (Å²) in [4.78, 5) is 38.1. The van der Waals surface area contributed by atoms with Gasteiger partial charge in [-0.2, -0.15) is 0 Å². The lowest BCUT2D eigenvalue weighted by Gasteiger charge is -2.08. The number of thiazole rings is 2. The molecule has 0 saturated heterocycles. The topological polar surface area (TPSA) is 149 Å². The molecule has 9 aromatic heterocycles. The van der Waals surface area contributed by atoms with E-state index in [0.29, 0.717) is 5.82 Å². The highest BCUT2D eigenvalue weighted by atomic mass is 32.2. The van der Waals surface area contributed by atoms with E-state index in [1.807, 2.05) is 67.0 Å². The Balaban J connectivity index is 0.000000159. The number of unbranched alkanes of at least 4 members (excludes halogenated alkanes) is 2. The second-order valence-corrected chi connectivity index (χ2v) is 20.3. The largest absolute Gasteiger partial charge is 0.397 e. The quantitative estimate of drug-likeness (QED) is 0.0997. The molecule has 0 amide bonds. The Hall–Kier alpha value is -4.00. The second-order valence-electron chi connectivity index (χ2n) is 13.5. The van der Waals surface area contributed by atoms with E-state index < -0.39 is 0 Å². The zero-order chi connectivity index (χ0) is 41.3. The van der Waals surface area contributed by atoms with E-state index in [4.69, 9.17) is 20.7 Å². The van der Waals surface area contributed by atoms with E-state index in [1.165, 1.54) is 83.1 Å². The lowest BCUT2D eigenvalue weighted by atomic mass is 10.1. The van der Waals surface area contributed by atoms with Gasteiger partial charge in [-0.25, -0.2) is 44.4 Å². The fraction of sp³-hybridized carbons (Fsp3) is 0.381. The lowest BCUT2D eigenvalue weighted by Crippen LogP contribution is -1.97. The number of aromatic amines is 1. The van der Waals surface area contributed by atoms with Crippen molar-refractivity contribution in [2.24, 2.45) is 0 Å². The number of thiophene rings is 2. The summed E-state index contributed by atoms with van der Waals surface area (Å²) in [5.41, 5.74) is 12.1. The van der Waals surface area contributed by atoms with Crippen LogP contribution in [-0.4, -0.2) is 60.5 Å². The number of nitrogen functional groups attached to an aromatic ring is 1. The molecule has 1 fully saturated rings. The van der Waals surface area contributed by atoms with Gasteiger partial charge in [0, 0.05) is 57.1 Å². The van der Waals surface area contributed by atoms with E-state index in [0.717, 1.165) is 80.7 Å². The van der Waals surface area contributed by atoms with Crippen molar-refractivity contribution in [3.8, 4) is 32.8 Å². The van der Waals surface area contributed by atoms with Crippen molar-refractivity contribution in [3.05, 3.63) is 60.0 Å². The van der Waals surface area contributed by atoms with Crippen LogP contribution >= 0.6 is 68.9 Å². The van der Waals surface area contributed by atoms with Gasteiger partial charge in [0.05, 0.1) is 42.4 Å². The lowest BCUT2D eigenvalue weighted by molar-refractivity contribution is 0.886. The van der Waals surface area contributed by atoms with Crippen molar-refractivity contribution in [1.82, 2.24) is 49.5 Å². The zero-order valence-electron chi connectivity index (χ0n) is 34.2. The van der Waals surface area contributed by atoms with E-state index in [-0.39, 0.29) is 0 Å². The fourth-order valence-corrected chi connectivity index (χ4v) is 12.9. The van der Waals surface area contributed by atoms with Crippen LogP contribution in [-0.2, 0) is 0 Å². The van der Waals surface area contributed by atoms with E-state index in [9.17, 15) is 0 Å². The smallest absolute Gasteiger partial charge is 0.190 e. The molecule has 1 aliphatic carbocycles. The molecular formula is C42H49N11S6. The van der Waals surface area contributed by atoms with Gasteiger partial charge in [-0.15, -0.1) is 68.9 Å². The number of hydrogen-bond acceptors (Lipinski definition) is 15. The van der Waals surface area contributed by atoms with Gasteiger partial charge >= 0.3 is 0 Å². The number of nitrogens with zero attached hydrogens (tertiary/aromatic N) is 9. The van der Waals surface area contributed by atoms with Crippen molar-refractivity contribution < 1.29 is 0 Å². The molecule has 9 heterocycles. The second kappa shape index (κ2) is 20.5. The van der Waals surface area contributed by atoms with Crippen molar-refractivity contribution in [2.45, 2.75) is 107 Å². The molecule has 3 N–H and O–H groups in total. The average Bonchev–Trinajstić information content (AvgIpc) is 4.15. The number of anilines is 1. The molecular weight excluding hydrogens is 851 g/mol. The summed E-state index contributed by atoms with van der Waals surface area (Å²) in [5, 5.41) is 13.3. The molecule has 11 nitrogen and oxygen atoms in total. The van der Waals surface area contributed by atoms with Crippen molar-refractivity contribution in [1.29, 1.82) is 0 Å². The van der Waals surface area contributed by atoms with Gasteiger partial charge in [-0.1, -0.05) is 66.7 Å². The average molecular weight is 900 g/mol. The number of nitrogens with two attached hydrogens (primary N) is 1. The number of fused-ring (bicyclic) bond motifs is 3. The number of aromatic nitrogens is 10. The monoisotopic (exact) mass is 899 g/mol. The predicted octanol–water partition coefficient (Wildman–Crippen LogP) is 13.5. The summed E-state index contributed by atoms with van der Waals surface area (Å²) in [7, 11) is 0. The summed E-state index contributed by atoms with van der Waals surface area (Å²) in [6.45, 7) is 12.6. The molecule has 0 atom stereocenters. The van der Waals surface area contributed by atoms with E-state index in [2.05, 4.69) is 61.4 Å². The molecule has 0 aromatic carbocycles. The number of thioether (sulfide) groups is 2. The highest BCUT2D eigenvalue weighted by Gasteiger charge is 2.24. The molecule has 1 aliphatic rings. The van der Waals surface area contributed by atoms with Crippen LogP contribution in [0.2, 0.25) is 0 Å². The molecule has 59 heavy (non-hydrogen) atoms. The summed E-state index contributed by atoms with van der Waals surface area (Å²) in [6, 6.07) is 2.18. The van der Waals surface area contributed by atoms with Crippen LogP contribution in [0.4, 0.5) is 5.69 Å². The van der Waals surface area contributed by atoms with Gasteiger partial charge in [0.2, 0.25) is 0 Å². The first-order valence-electron chi connectivity index (χ1n) is 20.2. The van der Waals surface area contributed by atoms with Gasteiger partial charge in [-0.3, -0.25) is 5.10 Å². The van der Waals surface area contributed by atoms with Crippen LogP contribution in [0.5, 0.6) is 0 Å². The Bertz CT molecular complexity index is 2690. The van der Waals surface area contributed by atoms with Crippen molar-refractivity contribution >= 4 is 111 Å². The standard InChI is InChI=1S/C19H17N5S3.C17H16N6S3.C4H10.C2H6/c1-10-21-9-14-12-8-13(17-20-6-7-25-17)22-18-15(12)16(23-24(10)14)19(27-18)26-11-4-2-3-5-11;1-2-3-5-25-17-12(18)11-13(10-7-19-9-20-8-10)22-14(23-15(11)26-17)16-21-4-6-24-16;1-3-4-2;1-2/h6-9,11,23H,2-5H2,1H3;4,6-9H,2-3,5,18H2,1H3;3-4H2,1-2H3;1-2H3. The number of imidazole rings is 1. The van der Waals surface area contributed by atoms with E-state index in [1.54, 1.807) is 53.0 Å². The predicted molar refractivity (Wildman–Crippen MR) is 256 cm³/mol. The third-order valence-corrected chi connectivity index (χ3v) is 16.2. The van der Waals surface area contributed by atoms with Crippen LogP contribution in [0.25, 0.3) is 69.6 Å². The number of rotatable bonds is 10. The van der Waals surface area contributed by atoms with E-state index >= 15 is 0 Å². The minimum absolute atomic E-state index is 0.609. The molecule has 0 unspecified atom stereocenters. The third kappa shape index (κ3) is 9.50. The van der Waals surface area contributed by atoms with Gasteiger partial charge in [0.25, 0.3) is 0 Å². The van der Waals surface area contributed by atoms with Crippen LogP contribution in [0.15, 0.2) is 62.6 Å². The minimum atomic E-state index is 0.609. The van der Waals surface area contributed by atoms with Gasteiger partial charge < -0.3 is 5.73 Å². The zero-order valence-corrected chi connectivity index (χ0v) is 39.1. The molecule has 308 valence electrons. The highest BCUT2D eigenvalue weighted by molar-refractivity contribution is 8.02. The minimum Gasteiger partial charge on any atom is -0.397 e. The van der Waals surface area contributed by atoms with Crippen LogP contribution in [0.3, 0.4) is 0 Å². The number of hydrogen-bond donors (Lipinski definition) is 2. The number of H-pyrrole nitrogens is 1. The molecule has 0 bridgehead atoms. The first-order chi connectivity index (χ1) is 29.0. The molecule has 0 spiro atoms. The van der Waals surface area contributed by atoms with Crippen LogP contribution < -0.4 is 5.73 Å². The third-order valence-electron chi connectivity index (χ3n) is 9.54. The molecule has 1 saturated carbocycles. The van der Waals surface area contributed by atoms with Crippen LogP contribution in [0, 0.1) is 6.92 Å². The summed E-state index contributed by atoms with van der Waals surface area (Å²) >= 11 is 10.4. The SMILES string of the molecule is CC.CCCC.CCCCSc1sc2nc(-c3nccs3)nc(-c3cncnc3)c2c1N.Cc1ncc2c3cc(-c4nccs4)nc4sc(SC5CCCC5)c([nH]n12)c43. The Morgan fingerprint density at radius 1 is 0.831 bits per heavy atom. The molecule has 17 heteroatoms. The Morgan fingerprint density at radius 3 is 2.20 bits per heavy atom. The molecule has 0 aliphatic heterocycles. The summed E-state index contributed by atoms with van der Waals surface area (Å²) in [5.74, 6) is 2.63. The Kier molecular flexibility index (Phi) is 15.0. The summed E-state index contributed by atoms with van der Waals surface area (Å²) < 4.78 is 4.55. The fourth-order valence-electron chi connectivity index (χ4n) is 6.45. The number of aryl methyl sites for hydroxylation is 1. The molecule has 0 radical (unpaired) electrons. The maximum absolute atomic E-state index is 6.48. The van der Waals surface area contributed by atoms with Gasteiger partial charge in [-0.05, 0) is 38.0 Å². The van der Waals surface area contributed by atoms with Crippen molar-refractivity contribution in [2.75, 3.05) is 11.5 Å². The Morgan fingerprint density at radius 2 is 1.53 bits per heavy atom. The maximum Gasteiger partial charge on any atom is 0.190 e. The first kappa shape index (κ1) is 43.1. The van der Waals surface area contributed by atoms with Crippen LogP contribution in [0.1, 0.15) is 91.8 Å².